The summed E-state index contributed by atoms with van der Waals surface area (Å²) in [6.45, 7) is 11.6. The van der Waals surface area contributed by atoms with E-state index in [4.69, 9.17) is 5.73 Å². The highest BCUT2D eigenvalue weighted by molar-refractivity contribution is 4.82. The molecule has 1 rings (SSSR count). The van der Waals surface area contributed by atoms with Gasteiger partial charge in [-0.1, -0.05) is 27.7 Å². The summed E-state index contributed by atoms with van der Waals surface area (Å²) in [5.41, 5.74) is 6.32. The summed E-state index contributed by atoms with van der Waals surface area (Å²) in [6, 6.07) is 0.829. The lowest BCUT2D eigenvalue weighted by atomic mass is 9.75. The summed E-state index contributed by atoms with van der Waals surface area (Å²) in [4.78, 5) is 2.62. The van der Waals surface area contributed by atoms with Crippen molar-refractivity contribution in [1.82, 2.24) is 4.90 Å². The van der Waals surface area contributed by atoms with Gasteiger partial charge < -0.3 is 10.6 Å². The molecule has 0 heterocycles. The van der Waals surface area contributed by atoms with Gasteiger partial charge in [-0.2, -0.15) is 0 Å². The summed E-state index contributed by atoms with van der Waals surface area (Å²) in [5.74, 6) is 1.60. The van der Waals surface area contributed by atoms with Crippen molar-refractivity contribution in [2.24, 2.45) is 23.0 Å². The maximum atomic E-state index is 5.73. The lowest BCUT2D eigenvalue weighted by Crippen LogP contribution is -2.37. The Kier molecular flexibility index (Phi) is 7.53. The second-order valence-corrected chi connectivity index (χ2v) is 8.10. The van der Waals surface area contributed by atoms with Crippen LogP contribution in [0.1, 0.15) is 72.6 Å². The Morgan fingerprint density at radius 1 is 1.15 bits per heavy atom. The van der Waals surface area contributed by atoms with Crippen molar-refractivity contribution < 1.29 is 0 Å². The number of nitrogens with two attached hydrogens (primary N) is 1. The van der Waals surface area contributed by atoms with Crippen molar-refractivity contribution in [2.45, 2.75) is 78.7 Å². The van der Waals surface area contributed by atoms with Gasteiger partial charge in [0.15, 0.2) is 0 Å². The third-order valence-electron chi connectivity index (χ3n) is 5.50. The molecule has 1 fully saturated rings. The minimum absolute atomic E-state index is 0.585. The van der Waals surface area contributed by atoms with E-state index in [1.54, 1.807) is 0 Å². The van der Waals surface area contributed by atoms with Gasteiger partial charge >= 0.3 is 0 Å². The van der Waals surface area contributed by atoms with Gasteiger partial charge in [-0.3, -0.25) is 0 Å². The van der Waals surface area contributed by atoms with Crippen molar-refractivity contribution in [3.05, 3.63) is 0 Å². The van der Waals surface area contributed by atoms with Crippen LogP contribution < -0.4 is 5.73 Å². The van der Waals surface area contributed by atoms with Crippen molar-refractivity contribution in [3.63, 3.8) is 0 Å². The molecule has 120 valence electrons. The maximum absolute atomic E-state index is 5.73. The van der Waals surface area contributed by atoms with Crippen LogP contribution in [0.15, 0.2) is 0 Å². The van der Waals surface area contributed by atoms with Gasteiger partial charge in [0.2, 0.25) is 0 Å². The van der Waals surface area contributed by atoms with Gasteiger partial charge in [0.05, 0.1) is 0 Å². The Balaban J connectivity index is 2.24. The number of rotatable bonds is 8. The summed E-state index contributed by atoms with van der Waals surface area (Å²) in [6.07, 6.45) is 9.43. The molecule has 1 aliphatic carbocycles. The molecule has 0 amide bonds. The van der Waals surface area contributed by atoms with Crippen LogP contribution in [0.2, 0.25) is 0 Å². The van der Waals surface area contributed by atoms with E-state index in [1.165, 1.54) is 51.5 Å². The van der Waals surface area contributed by atoms with Crippen molar-refractivity contribution in [3.8, 4) is 0 Å². The predicted molar refractivity (Wildman–Crippen MR) is 89.9 cm³/mol. The Morgan fingerprint density at radius 2 is 1.75 bits per heavy atom. The average Bonchev–Trinajstić information content (AvgIpc) is 2.37. The van der Waals surface area contributed by atoms with Crippen LogP contribution in [0.3, 0.4) is 0 Å². The van der Waals surface area contributed by atoms with Gasteiger partial charge in [-0.15, -0.1) is 0 Å². The molecule has 20 heavy (non-hydrogen) atoms. The molecule has 1 atom stereocenters. The molecule has 2 N–H and O–H groups in total. The first kappa shape index (κ1) is 18.0. The van der Waals surface area contributed by atoms with Crippen LogP contribution in [0.4, 0.5) is 0 Å². The van der Waals surface area contributed by atoms with Crippen LogP contribution in [-0.4, -0.2) is 31.1 Å². The molecule has 0 aromatic carbocycles. The third-order valence-corrected chi connectivity index (χ3v) is 5.50. The van der Waals surface area contributed by atoms with Crippen molar-refractivity contribution in [1.29, 1.82) is 0 Å². The van der Waals surface area contributed by atoms with E-state index in [9.17, 15) is 0 Å². The largest absolute Gasteiger partial charge is 0.330 e. The van der Waals surface area contributed by atoms with Crippen LogP contribution in [0, 0.1) is 17.3 Å². The lowest BCUT2D eigenvalue weighted by molar-refractivity contribution is 0.124. The van der Waals surface area contributed by atoms with E-state index in [-0.39, 0.29) is 0 Å². The molecule has 0 radical (unpaired) electrons. The summed E-state index contributed by atoms with van der Waals surface area (Å²) in [7, 11) is 2.33. The fourth-order valence-corrected chi connectivity index (χ4v) is 3.64. The van der Waals surface area contributed by atoms with Gasteiger partial charge in [0, 0.05) is 6.04 Å². The van der Waals surface area contributed by atoms with E-state index in [2.05, 4.69) is 39.6 Å². The zero-order chi connectivity index (χ0) is 15.2. The summed E-state index contributed by atoms with van der Waals surface area (Å²) < 4.78 is 0. The molecule has 0 spiro atoms. The zero-order valence-electron chi connectivity index (χ0n) is 14.6. The molecule has 0 aliphatic heterocycles. The van der Waals surface area contributed by atoms with Crippen molar-refractivity contribution in [2.75, 3.05) is 20.1 Å². The third kappa shape index (κ3) is 6.13. The second-order valence-electron chi connectivity index (χ2n) is 8.10. The minimum atomic E-state index is 0.585. The number of nitrogens with zero attached hydrogens (tertiary/aromatic N) is 1. The van der Waals surface area contributed by atoms with Gasteiger partial charge in [-0.25, -0.2) is 0 Å². The molecule has 0 aromatic heterocycles. The average molecular weight is 283 g/mol. The predicted octanol–water partition coefficient (Wildman–Crippen LogP) is 4.29. The molecule has 0 aromatic rings. The van der Waals surface area contributed by atoms with E-state index in [1.807, 2.05) is 0 Å². The number of hydrogen-bond donors (Lipinski definition) is 1. The number of hydrogen-bond acceptors (Lipinski definition) is 2. The van der Waals surface area contributed by atoms with Crippen LogP contribution in [0.5, 0.6) is 0 Å². The standard InChI is InChI=1S/C18H38N2/c1-15(2)16(10-13-19)7-6-14-20(5)17-8-11-18(3,4)12-9-17/h15-17H,6-14,19H2,1-5H3. The van der Waals surface area contributed by atoms with Crippen LogP contribution in [-0.2, 0) is 0 Å². The highest BCUT2D eigenvalue weighted by atomic mass is 15.1. The minimum Gasteiger partial charge on any atom is -0.330 e. The highest BCUT2D eigenvalue weighted by Crippen LogP contribution is 2.36. The normalized spacial score (nSPS) is 21.6. The Hall–Kier alpha value is -0.0800. The van der Waals surface area contributed by atoms with E-state index >= 15 is 0 Å². The monoisotopic (exact) mass is 282 g/mol. The van der Waals surface area contributed by atoms with Gasteiger partial charge in [0.25, 0.3) is 0 Å². The first-order valence-corrected chi connectivity index (χ1v) is 8.76. The molecular weight excluding hydrogens is 244 g/mol. The fraction of sp³-hybridized carbons (Fsp3) is 1.00. The Labute approximate surface area is 127 Å². The molecule has 2 heteroatoms. The maximum Gasteiger partial charge on any atom is 0.00926 e. The summed E-state index contributed by atoms with van der Waals surface area (Å²) in [5, 5.41) is 0. The second kappa shape index (κ2) is 8.38. The SMILES string of the molecule is CC(C)C(CCN)CCCN(C)C1CCC(C)(C)CC1. The fourth-order valence-electron chi connectivity index (χ4n) is 3.64. The molecule has 1 unspecified atom stereocenters. The molecule has 0 bridgehead atoms. The van der Waals surface area contributed by atoms with Gasteiger partial charge in [0.1, 0.15) is 0 Å². The van der Waals surface area contributed by atoms with Crippen LogP contribution in [0.25, 0.3) is 0 Å². The van der Waals surface area contributed by atoms with Crippen molar-refractivity contribution >= 4 is 0 Å². The highest BCUT2D eigenvalue weighted by Gasteiger charge is 2.28. The molecule has 0 saturated heterocycles. The van der Waals surface area contributed by atoms with E-state index in [0.717, 1.165) is 24.4 Å². The van der Waals surface area contributed by atoms with E-state index < -0.39 is 0 Å². The first-order chi connectivity index (χ1) is 9.35. The van der Waals surface area contributed by atoms with E-state index in [0.29, 0.717) is 5.41 Å². The zero-order valence-corrected chi connectivity index (χ0v) is 14.6. The Bertz CT molecular complexity index is 250. The lowest BCUT2D eigenvalue weighted by Gasteiger charge is -2.38. The first-order valence-electron chi connectivity index (χ1n) is 8.76. The molecular formula is C18H38N2. The van der Waals surface area contributed by atoms with Crippen LogP contribution >= 0.6 is 0 Å². The van der Waals surface area contributed by atoms with Gasteiger partial charge in [-0.05, 0) is 82.3 Å². The molecule has 2 nitrogen and oxygen atoms in total. The molecule has 1 aliphatic rings. The topological polar surface area (TPSA) is 29.3 Å². The molecule has 1 saturated carbocycles. The smallest absolute Gasteiger partial charge is 0.00926 e. The quantitative estimate of drug-likeness (QED) is 0.719. The summed E-state index contributed by atoms with van der Waals surface area (Å²) >= 11 is 0. The Morgan fingerprint density at radius 3 is 2.25 bits per heavy atom.